The zero-order valence-corrected chi connectivity index (χ0v) is 24.6. The fourth-order valence-electron chi connectivity index (χ4n) is 6.42. The van der Waals surface area contributed by atoms with E-state index in [0.717, 1.165) is 5.69 Å². The van der Waals surface area contributed by atoms with E-state index in [1.165, 1.54) is 0 Å². The van der Waals surface area contributed by atoms with Gasteiger partial charge in [0.1, 0.15) is 6.04 Å². The Morgan fingerprint density at radius 1 is 1.18 bits per heavy atom. The van der Waals surface area contributed by atoms with E-state index in [2.05, 4.69) is 29.1 Å². The number of unbranched alkanes of at least 4 members (excludes halogenated alkanes) is 1. The number of aliphatic hydroxyl groups is 1. The lowest BCUT2D eigenvalue weighted by atomic mass is 9.70. The minimum absolute atomic E-state index is 0.00597. The van der Waals surface area contributed by atoms with Crippen molar-refractivity contribution in [2.24, 2.45) is 11.8 Å². The number of halogens is 1. The normalized spacial score (nSPS) is 29.4. The van der Waals surface area contributed by atoms with Gasteiger partial charge in [-0.1, -0.05) is 46.3 Å². The van der Waals surface area contributed by atoms with E-state index in [-0.39, 0.29) is 40.4 Å². The Morgan fingerprint density at radius 2 is 1.87 bits per heavy atom. The number of nitrogens with zero attached hydrogens (tertiary/aromatic N) is 3. The Labute approximate surface area is 238 Å². The number of hydrogen-bond acceptors (Lipinski definition) is 5. The van der Waals surface area contributed by atoms with Crippen molar-refractivity contribution in [3.63, 3.8) is 0 Å². The lowest BCUT2D eigenvalue weighted by Gasteiger charge is -2.39. The Morgan fingerprint density at radius 3 is 2.47 bits per heavy atom. The van der Waals surface area contributed by atoms with Crippen molar-refractivity contribution in [3.8, 4) is 0 Å². The first-order chi connectivity index (χ1) is 18.2. The molecule has 206 valence electrons. The second-order valence-electron chi connectivity index (χ2n) is 10.6. The van der Waals surface area contributed by atoms with Crippen molar-refractivity contribution in [1.29, 1.82) is 0 Å². The summed E-state index contributed by atoms with van der Waals surface area (Å²) in [6.45, 7) is 12.8. The van der Waals surface area contributed by atoms with Crippen LogP contribution in [-0.4, -0.2) is 85.8 Å². The van der Waals surface area contributed by atoms with Gasteiger partial charge in [-0.3, -0.25) is 14.4 Å². The van der Waals surface area contributed by atoms with E-state index >= 15 is 0 Å². The Hall–Kier alpha value is -2.10. The first-order valence-corrected chi connectivity index (χ1v) is 15.1. The van der Waals surface area contributed by atoms with Gasteiger partial charge in [-0.05, 0) is 45.2 Å². The second-order valence-corrected chi connectivity index (χ2v) is 13.3. The molecule has 4 rings (SSSR count). The molecular formula is C29H38BrN3O4S. The largest absolute Gasteiger partial charge is 0.396 e. The van der Waals surface area contributed by atoms with Crippen LogP contribution in [0.3, 0.4) is 0 Å². The SMILES string of the molecule is C=CCN(C(=O)[C@H]1[C@@H]2SC3(CC2Br)C(C(=O)N(CC=C)C(C)C)N(CCCCO)C(=O)[C@H]13)c1ccccc1. The number of benzene rings is 1. The molecule has 0 aliphatic carbocycles. The topological polar surface area (TPSA) is 81.2 Å². The molecule has 1 aromatic rings. The number of aliphatic hydroxyl groups excluding tert-OH is 1. The molecule has 0 radical (unpaired) electrons. The van der Waals surface area contributed by atoms with E-state index < -0.39 is 22.6 Å². The molecule has 3 saturated heterocycles. The van der Waals surface area contributed by atoms with Gasteiger partial charge in [0.2, 0.25) is 17.7 Å². The van der Waals surface area contributed by atoms with E-state index in [9.17, 15) is 19.5 Å². The minimum Gasteiger partial charge on any atom is -0.396 e. The van der Waals surface area contributed by atoms with E-state index in [0.29, 0.717) is 38.9 Å². The van der Waals surface area contributed by atoms with Crippen LogP contribution < -0.4 is 4.90 Å². The van der Waals surface area contributed by atoms with Crippen LogP contribution in [0.4, 0.5) is 5.69 Å². The van der Waals surface area contributed by atoms with Gasteiger partial charge in [0.15, 0.2) is 0 Å². The molecule has 0 aromatic heterocycles. The van der Waals surface area contributed by atoms with Gasteiger partial charge in [-0.25, -0.2) is 0 Å². The van der Waals surface area contributed by atoms with E-state index in [1.54, 1.807) is 38.6 Å². The number of carbonyl (C=O) groups is 3. The molecule has 3 unspecified atom stereocenters. The maximum Gasteiger partial charge on any atom is 0.247 e. The summed E-state index contributed by atoms with van der Waals surface area (Å²) in [5, 5.41) is 9.27. The Bertz CT molecular complexity index is 1070. The van der Waals surface area contributed by atoms with Gasteiger partial charge in [0.05, 0.1) is 16.6 Å². The molecule has 2 bridgehead atoms. The summed E-state index contributed by atoms with van der Waals surface area (Å²) in [7, 11) is 0. The van der Waals surface area contributed by atoms with Crippen LogP contribution >= 0.6 is 27.7 Å². The highest BCUT2D eigenvalue weighted by molar-refractivity contribution is 9.09. The number of anilines is 1. The number of amides is 3. The van der Waals surface area contributed by atoms with Gasteiger partial charge in [-0.2, -0.15) is 0 Å². The zero-order chi connectivity index (χ0) is 27.6. The number of alkyl halides is 1. The molecule has 0 saturated carbocycles. The molecule has 3 amide bonds. The smallest absolute Gasteiger partial charge is 0.247 e. The Kier molecular flexibility index (Phi) is 9.10. The first-order valence-electron chi connectivity index (χ1n) is 13.3. The van der Waals surface area contributed by atoms with Crippen molar-refractivity contribution in [1.82, 2.24) is 9.80 Å². The lowest BCUT2D eigenvalue weighted by molar-refractivity contribution is -0.143. The number of likely N-dealkylation sites (tertiary alicyclic amines) is 1. The summed E-state index contributed by atoms with van der Waals surface area (Å²) in [5.41, 5.74) is 0.764. The fraction of sp³-hybridized carbons (Fsp3) is 0.552. The molecule has 38 heavy (non-hydrogen) atoms. The molecule has 1 aromatic carbocycles. The lowest BCUT2D eigenvalue weighted by Crippen LogP contribution is -2.57. The molecule has 3 aliphatic rings. The van der Waals surface area contributed by atoms with E-state index in [4.69, 9.17) is 0 Å². The van der Waals surface area contributed by atoms with Crippen molar-refractivity contribution in [2.45, 2.75) is 60.0 Å². The summed E-state index contributed by atoms with van der Waals surface area (Å²) in [5.74, 6) is -1.46. The number of para-hydroxylation sites is 1. The number of thioether (sulfide) groups is 1. The van der Waals surface area contributed by atoms with Crippen LogP contribution in [0.15, 0.2) is 55.6 Å². The third kappa shape index (κ3) is 4.86. The molecule has 3 heterocycles. The summed E-state index contributed by atoms with van der Waals surface area (Å²) < 4.78 is -0.697. The highest BCUT2D eigenvalue weighted by atomic mass is 79.9. The number of rotatable bonds is 12. The number of carbonyl (C=O) groups excluding carboxylic acids is 3. The predicted molar refractivity (Wildman–Crippen MR) is 156 cm³/mol. The molecular weight excluding hydrogens is 566 g/mol. The fourth-order valence-corrected chi connectivity index (χ4v) is 10.0. The van der Waals surface area contributed by atoms with Crippen molar-refractivity contribution < 1.29 is 19.5 Å². The maximum atomic E-state index is 14.3. The van der Waals surface area contributed by atoms with Crippen LogP contribution in [0.25, 0.3) is 0 Å². The number of fused-ring (bicyclic) bond motifs is 1. The maximum absolute atomic E-state index is 14.3. The third-order valence-corrected chi connectivity index (χ3v) is 11.2. The highest BCUT2D eigenvalue weighted by Crippen LogP contribution is 2.68. The molecule has 6 atom stereocenters. The standard InChI is InChI=1S/C29H38BrN3O4S/c1-5-14-31(19(3)4)28(37)25-29-18-21(30)24(38-29)22(23(29)27(36)33(25)16-10-11-17-34)26(35)32(15-6-2)20-12-8-7-9-13-20/h5-9,12-13,19,21-25,34H,1-2,10-11,14-18H2,3-4H3/t21?,22-,23+,24-,25?,29?/m1/s1. The third-order valence-electron chi connectivity index (χ3n) is 7.99. The molecule has 3 fully saturated rings. The highest BCUT2D eigenvalue weighted by Gasteiger charge is 2.76. The second kappa shape index (κ2) is 12.0. The number of hydrogen-bond donors (Lipinski definition) is 1. The molecule has 1 spiro atoms. The van der Waals surface area contributed by atoms with Crippen molar-refractivity contribution in [2.75, 3.05) is 31.1 Å². The van der Waals surface area contributed by atoms with E-state index in [1.807, 2.05) is 44.2 Å². The average molecular weight is 605 g/mol. The van der Waals surface area contributed by atoms with Gasteiger partial charge in [0, 0.05) is 48.0 Å². The summed E-state index contributed by atoms with van der Waals surface area (Å²) >= 11 is 5.49. The van der Waals surface area contributed by atoms with Crippen LogP contribution in [-0.2, 0) is 14.4 Å². The zero-order valence-electron chi connectivity index (χ0n) is 22.2. The van der Waals surface area contributed by atoms with Gasteiger partial charge in [-0.15, -0.1) is 24.9 Å². The van der Waals surface area contributed by atoms with Gasteiger partial charge < -0.3 is 19.8 Å². The predicted octanol–water partition coefficient (Wildman–Crippen LogP) is 3.87. The Balaban J connectivity index is 1.77. The molecule has 9 heteroatoms. The summed E-state index contributed by atoms with van der Waals surface area (Å²) in [6.07, 6.45) is 5.19. The van der Waals surface area contributed by atoms with Crippen LogP contribution in [0.1, 0.15) is 33.1 Å². The summed E-state index contributed by atoms with van der Waals surface area (Å²) in [6, 6.07) is 8.74. The van der Waals surface area contributed by atoms with Crippen LogP contribution in [0, 0.1) is 11.8 Å². The van der Waals surface area contributed by atoms with Crippen LogP contribution in [0.5, 0.6) is 0 Å². The average Bonchev–Trinajstić information content (AvgIpc) is 3.49. The van der Waals surface area contributed by atoms with Crippen molar-refractivity contribution in [3.05, 3.63) is 55.6 Å². The molecule has 3 aliphatic heterocycles. The quantitative estimate of drug-likeness (QED) is 0.223. The monoisotopic (exact) mass is 603 g/mol. The first kappa shape index (κ1) is 28.9. The molecule has 7 nitrogen and oxygen atoms in total. The van der Waals surface area contributed by atoms with Gasteiger partial charge >= 0.3 is 0 Å². The summed E-state index contributed by atoms with van der Waals surface area (Å²) in [4.78, 5) is 47.9. The molecule has 1 N–H and O–H groups in total. The van der Waals surface area contributed by atoms with Gasteiger partial charge in [0.25, 0.3) is 0 Å². The minimum atomic E-state index is -0.697. The van der Waals surface area contributed by atoms with Crippen LogP contribution in [0.2, 0.25) is 0 Å². The van der Waals surface area contributed by atoms with Crippen molar-refractivity contribution >= 4 is 51.1 Å².